The van der Waals surface area contributed by atoms with Gasteiger partial charge in [0.1, 0.15) is 15.9 Å². The molecule has 1 aromatic heterocycles. The first-order chi connectivity index (χ1) is 7.63. The molecule has 4 nitrogen and oxygen atoms in total. The van der Waals surface area contributed by atoms with Gasteiger partial charge in [-0.1, -0.05) is 6.92 Å². The summed E-state index contributed by atoms with van der Waals surface area (Å²) in [6.07, 6.45) is 3.71. The lowest BCUT2D eigenvalue weighted by Gasteiger charge is -2.39. The zero-order valence-corrected chi connectivity index (χ0v) is 11.1. The number of aromatic nitrogens is 2. The van der Waals surface area contributed by atoms with E-state index in [4.69, 9.17) is 4.74 Å². The van der Waals surface area contributed by atoms with E-state index < -0.39 is 0 Å². The van der Waals surface area contributed by atoms with Crippen molar-refractivity contribution in [1.29, 1.82) is 0 Å². The van der Waals surface area contributed by atoms with E-state index >= 15 is 0 Å². The highest BCUT2D eigenvalue weighted by atomic mass is 79.9. The first kappa shape index (κ1) is 11.8. The minimum Gasteiger partial charge on any atom is -0.370 e. The van der Waals surface area contributed by atoms with E-state index in [1.807, 2.05) is 6.92 Å². The van der Waals surface area contributed by atoms with Gasteiger partial charge in [0.05, 0.1) is 5.69 Å². The number of nitrogens with zero attached hydrogens (tertiary/aromatic N) is 1. The van der Waals surface area contributed by atoms with Crippen molar-refractivity contribution >= 4 is 15.9 Å². The fourth-order valence-corrected chi connectivity index (χ4v) is 2.46. The first-order valence-electron chi connectivity index (χ1n) is 5.47. The Morgan fingerprint density at radius 2 is 2.25 bits per heavy atom. The van der Waals surface area contributed by atoms with Gasteiger partial charge in [-0.3, -0.25) is 4.79 Å². The van der Waals surface area contributed by atoms with Crippen molar-refractivity contribution in [2.45, 2.75) is 38.2 Å². The van der Waals surface area contributed by atoms with Crippen molar-refractivity contribution in [2.75, 3.05) is 7.11 Å². The van der Waals surface area contributed by atoms with Crippen molar-refractivity contribution in [3.05, 3.63) is 26.3 Å². The molecule has 1 N–H and O–H groups in total. The molecule has 2 rings (SSSR count). The van der Waals surface area contributed by atoms with Crippen LogP contribution in [0.3, 0.4) is 0 Å². The third-order valence-electron chi connectivity index (χ3n) is 3.25. The molecular formula is C11H15BrN2O2. The average Bonchev–Trinajstić information content (AvgIpc) is 2.22. The second-order valence-electron chi connectivity index (χ2n) is 4.08. The van der Waals surface area contributed by atoms with Crippen LogP contribution >= 0.6 is 15.9 Å². The fraction of sp³-hybridized carbons (Fsp3) is 0.636. The number of H-pyrrole nitrogens is 1. The molecule has 0 aliphatic heterocycles. The summed E-state index contributed by atoms with van der Waals surface area (Å²) in [5.41, 5.74) is 0.316. The third-order valence-corrected chi connectivity index (χ3v) is 4.07. The molecule has 0 amide bonds. The van der Waals surface area contributed by atoms with Gasteiger partial charge in [0, 0.05) is 7.11 Å². The number of aromatic amines is 1. The van der Waals surface area contributed by atoms with Gasteiger partial charge < -0.3 is 9.72 Å². The smallest absolute Gasteiger partial charge is 0.265 e. The van der Waals surface area contributed by atoms with Crippen LogP contribution in [0.1, 0.15) is 37.7 Å². The molecule has 1 aliphatic carbocycles. The highest BCUT2D eigenvalue weighted by molar-refractivity contribution is 9.10. The topological polar surface area (TPSA) is 55.0 Å². The summed E-state index contributed by atoms with van der Waals surface area (Å²) in [6.45, 7) is 1.98. The number of hydrogen-bond donors (Lipinski definition) is 1. The number of hydrogen-bond acceptors (Lipinski definition) is 3. The Morgan fingerprint density at radius 1 is 1.56 bits per heavy atom. The summed E-state index contributed by atoms with van der Waals surface area (Å²) in [7, 11) is 1.67. The normalized spacial score (nSPS) is 18.2. The Morgan fingerprint density at radius 3 is 2.69 bits per heavy atom. The summed E-state index contributed by atoms with van der Waals surface area (Å²) in [5.74, 6) is 0.673. The zero-order valence-electron chi connectivity index (χ0n) is 9.47. The molecule has 0 aromatic carbocycles. The average molecular weight is 287 g/mol. The lowest BCUT2D eigenvalue weighted by Crippen LogP contribution is -2.39. The number of ether oxygens (including phenoxy) is 1. The Balaban J connectivity index is 2.50. The SMILES string of the molecule is CCc1nc(C2(OC)CCC2)[nH]c(=O)c1Br. The van der Waals surface area contributed by atoms with Crippen molar-refractivity contribution in [3.63, 3.8) is 0 Å². The number of aryl methyl sites for hydroxylation is 1. The molecule has 5 heteroatoms. The van der Waals surface area contributed by atoms with Gasteiger partial charge in [-0.25, -0.2) is 4.98 Å². The third kappa shape index (κ3) is 1.72. The Hall–Kier alpha value is -0.680. The molecule has 1 fully saturated rings. The van der Waals surface area contributed by atoms with Crippen LogP contribution in [0.5, 0.6) is 0 Å². The van der Waals surface area contributed by atoms with Crippen LogP contribution in [0.2, 0.25) is 0 Å². The van der Waals surface area contributed by atoms with Crippen LogP contribution in [0.4, 0.5) is 0 Å². The van der Waals surface area contributed by atoms with Crippen LogP contribution in [0.25, 0.3) is 0 Å². The van der Waals surface area contributed by atoms with Crippen LogP contribution in [-0.4, -0.2) is 17.1 Å². The van der Waals surface area contributed by atoms with Gasteiger partial charge in [-0.2, -0.15) is 0 Å². The van der Waals surface area contributed by atoms with Crippen molar-refractivity contribution < 1.29 is 4.74 Å². The van der Waals surface area contributed by atoms with Gasteiger partial charge in [0.15, 0.2) is 0 Å². The molecular weight excluding hydrogens is 272 g/mol. The lowest BCUT2D eigenvalue weighted by atomic mass is 9.79. The molecule has 0 spiro atoms. The standard InChI is InChI=1S/C11H15BrN2O2/c1-3-7-8(12)9(15)14-10(13-7)11(16-2)5-4-6-11/h3-6H2,1-2H3,(H,13,14,15). The monoisotopic (exact) mass is 286 g/mol. The van der Waals surface area contributed by atoms with Crippen LogP contribution in [0, 0.1) is 0 Å². The molecule has 0 unspecified atom stereocenters. The highest BCUT2D eigenvalue weighted by Gasteiger charge is 2.41. The number of nitrogens with one attached hydrogen (secondary N) is 1. The molecule has 1 heterocycles. The molecule has 1 aliphatic rings. The molecule has 0 atom stereocenters. The molecule has 1 saturated carbocycles. The van der Waals surface area contributed by atoms with Crippen molar-refractivity contribution in [1.82, 2.24) is 9.97 Å². The summed E-state index contributed by atoms with van der Waals surface area (Å²) < 4.78 is 6.04. The molecule has 0 radical (unpaired) electrons. The van der Waals surface area contributed by atoms with Gasteiger partial charge in [0.2, 0.25) is 0 Å². The maximum Gasteiger partial charge on any atom is 0.265 e. The summed E-state index contributed by atoms with van der Waals surface area (Å²) in [6, 6.07) is 0. The van der Waals surface area contributed by atoms with Gasteiger partial charge >= 0.3 is 0 Å². The van der Waals surface area contributed by atoms with Gasteiger partial charge in [0.25, 0.3) is 5.56 Å². The fourth-order valence-electron chi connectivity index (χ4n) is 1.99. The quantitative estimate of drug-likeness (QED) is 0.926. The summed E-state index contributed by atoms with van der Waals surface area (Å²) in [4.78, 5) is 19.0. The van der Waals surface area contributed by atoms with E-state index in [2.05, 4.69) is 25.9 Å². The van der Waals surface area contributed by atoms with E-state index in [1.54, 1.807) is 7.11 Å². The minimum atomic E-state index is -0.357. The molecule has 16 heavy (non-hydrogen) atoms. The second kappa shape index (κ2) is 4.30. The zero-order chi connectivity index (χ0) is 11.8. The molecule has 1 aromatic rings. The van der Waals surface area contributed by atoms with Gasteiger partial charge in [-0.05, 0) is 41.6 Å². The molecule has 0 bridgehead atoms. The molecule has 88 valence electrons. The Bertz CT molecular complexity index is 446. The maximum absolute atomic E-state index is 11.7. The van der Waals surface area contributed by atoms with Crippen LogP contribution in [-0.2, 0) is 16.8 Å². The predicted molar refractivity (Wildman–Crippen MR) is 64.5 cm³/mol. The minimum absolute atomic E-state index is 0.120. The highest BCUT2D eigenvalue weighted by Crippen LogP contribution is 2.42. The number of methoxy groups -OCH3 is 1. The van der Waals surface area contributed by atoms with E-state index in [-0.39, 0.29) is 11.2 Å². The van der Waals surface area contributed by atoms with E-state index in [9.17, 15) is 4.79 Å². The Kier molecular flexibility index (Phi) is 3.17. The van der Waals surface area contributed by atoms with Crippen molar-refractivity contribution in [2.24, 2.45) is 0 Å². The lowest BCUT2D eigenvalue weighted by molar-refractivity contribution is -0.0849. The summed E-state index contributed by atoms with van der Waals surface area (Å²) >= 11 is 3.26. The predicted octanol–water partition coefficient (Wildman–Crippen LogP) is 2.12. The van der Waals surface area contributed by atoms with E-state index in [0.29, 0.717) is 10.3 Å². The first-order valence-corrected chi connectivity index (χ1v) is 6.26. The second-order valence-corrected chi connectivity index (χ2v) is 4.87. The summed E-state index contributed by atoms with van der Waals surface area (Å²) in [5, 5.41) is 0. The van der Waals surface area contributed by atoms with Crippen LogP contribution in [0.15, 0.2) is 9.27 Å². The van der Waals surface area contributed by atoms with Crippen LogP contribution < -0.4 is 5.56 Å². The van der Waals surface area contributed by atoms with E-state index in [1.165, 1.54) is 0 Å². The Labute approximate surface area is 103 Å². The molecule has 0 saturated heterocycles. The van der Waals surface area contributed by atoms with Crippen molar-refractivity contribution in [3.8, 4) is 0 Å². The van der Waals surface area contributed by atoms with E-state index in [0.717, 1.165) is 31.4 Å². The maximum atomic E-state index is 11.7. The van der Waals surface area contributed by atoms with Gasteiger partial charge in [-0.15, -0.1) is 0 Å². The number of halogens is 1. The number of rotatable bonds is 3. The largest absolute Gasteiger partial charge is 0.370 e.